The lowest BCUT2D eigenvalue weighted by Crippen LogP contribution is -2.39. The number of aryl methyl sites for hydroxylation is 1. The van der Waals surface area contributed by atoms with E-state index in [0.717, 1.165) is 6.92 Å². The number of methoxy groups -OCH3 is 1. The normalized spacial score (nSPS) is 15.7. The molecule has 0 spiro atoms. The van der Waals surface area contributed by atoms with Crippen molar-refractivity contribution in [3.05, 3.63) is 29.3 Å². The molecule has 0 aromatic heterocycles. The fourth-order valence-electron chi connectivity index (χ4n) is 1.46. The highest BCUT2D eigenvalue weighted by atomic mass is 19.4. The molecule has 0 aliphatic rings. The van der Waals surface area contributed by atoms with Gasteiger partial charge < -0.3 is 9.84 Å². The molecule has 1 aromatic carbocycles. The second-order valence-corrected chi connectivity index (χ2v) is 3.75. The van der Waals surface area contributed by atoms with Gasteiger partial charge in [0.1, 0.15) is 5.75 Å². The predicted octanol–water partition coefficient (Wildman–Crippen LogP) is 2.77. The molecule has 90 valence electrons. The summed E-state index contributed by atoms with van der Waals surface area (Å²) >= 11 is 0. The Bertz CT molecular complexity index is 383. The van der Waals surface area contributed by atoms with Crippen LogP contribution in [0.5, 0.6) is 5.75 Å². The van der Waals surface area contributed by atoms with E-state index >= 15 is 0 Å². The van der Waals surface area contributed by atoms with Gasteiger partial charge in [-0.2, -0.15) is 13.2 Å². The molecule has 1 atom stereocenters. The minimum Gasteiger partial charge on any atom is -0.497 e. The van der Waals surface area contributed by atoms with E-state index in [9.17, 15) is 18.3 Å². The minimum absolute atomic E-state index is 0.166. The van der Waals surface area contributed by atoms with E-state index in [0.29, 0.717) is 11.3 Å². The SMILES string of the molecule is COc1ccc(C(C)(O)C(F)(F)F)c(C)c1. The summed E-state index contributed by atoms with van der Waals surface area (Å²) in [5.74, 6) is 0.458. The van der Waals surface area contributed by atoms with Gasteiger partial charge in [-0.15, -0.1) is 0 Å². The van der Waals surface area contributed by atoms with E-state index in [1.807, 2.05) is 0 Å². The standard InChI is InChI=1S/C11H13F3O2/c1-7-6-8(16-3)4-5-9(7)10(2,15)11(12,13)14/h4-6,15H,1-3H3. The summed E-state index contributed by atoms with van der Waals surface area (Å²) in [5.41, 5.74) is -2.67. The van der Waals surface area contributed by atoms with Crippen LogP contribution in [0.4, 0.5) is 13.2 Å². The highest BCUT2D eigenvalue weighted by Crippen LogP contribution is 2.40. The van der Waals surface area contributed by atoms with Gasteiger partial charge in [0, 0.05) is 0 Å². The molecular formula is C11H13F3O2. The van der Waals surface area contributed by atoms with E-state index in [2.05, 4.69) is 0 Å². The molecule has 0 aliphatic heterocycles. The summed E-state index contributed by atoms with van der Waals surface area (Å²) in [6, 6.07) is 4.07. The first-order valence-corrected chi connectivity index (χ1v) is 4.64. The molecule has 0 radical (unpaired) electrons. The van der Waals surface area contributed by atoms with E-state index < -0.39 is 11.8 Å². The second-order valence-electron chi connectivity index (χ2n) is 3.75. The molecule has 1 aromatic rings. The molecule has 1 unspecified atom stereocenters. The van der Waals surface area contributed by atoms with Crippen molar-refractivity contribution in [3.8, 4) is 5.75 Å². The Labute approximate surface area is 91.7 Å². The van der Waals surface area contributed by atoms with Crippen LogP contribution in [0.15, 0.2) is 18.2 Å². The Hall–Kier alpha value is -1.23. The van der Waals surface area contributed by atoms with Crippen LogP contribution in [-0.2, 0) is 5.60 Å². The quantitative estimate of drug-likeness (QED) is 0.852. The van der Waals surface area contributed by atoms with Crippen LogP contribution in [0.1, 0.15) is 18.1 Å². The Morgan fingerprint density at radius 1 is 1.25 bits per heavy atom. The van der Waals surface area contributed by atoms with Crippen molar-refractivity contribution in [3.63, 3.8) is 0 Å². The number of hydrogen-bond donors (Lipinski definition) is 1. The van der Waals surface area contributed by atoms with Gasteiger partial charge in [0.05, 0.1) is 7.11 Å². The average molecular weight is 234 g/mol. The molecule has 0 saturated carbocycles. The first-order chi connectivity index (χ1) is 7.20. The van der Waals surface area contributed by atoms with Crippen LogP contribution in [0, 0.1) is 6.92 Å². The summed E-state index contributed by atoms with van der Waals surface area (Å²) in [6.45, 7) is 2.24. The highest BCUT2D eigenvalue weighted by molar-refractivity contribution is 5.38. The summed E-state index contributed by atoms with van der Waals surface area (Å²) < 4.78 is 42.7. The Kier molecular flexibility index (Phi) is 3.19. The number of aliphatic hydroxyl groups is 1. The molecule has 0 amide bonds. The van der Waals surface area contributed by atoms with Gasteiger partial charge in [-0.25, -0.2) is 0 Å². The van der Waals surface area contributed by atoms with Crippen molar-refractivity contribution in [1.82, 2.24) is 0 Å². The Balaban J connectivity index is 3.24. The lowest BCUT2D eigenvalue weighted by atomic mass is 9.91. The third-order valence-corrected chi connectivity index (χ3v) is 2.51. The third-order valence-electron chi connectivity index (χ3n) is 2.51. The van der Waals surface area contributed by atoms with E-state index in [1.54, 1.807) is 0 Å². The lowest BCUT2D eigenvalue weighted by Gasteiger charge is -2.28. The molecule has 0 fully saturated rings. The fourth-order valence-corrected chi connectivity index (χ4v) is 1.46. The first kappa shape index (κ1) is 12.8. The van der Waals surface area contributed by atoms with Crippen molar-refractivity contribution in [2.75, 3.05) is 7.11 Å². The van der Waals surface area contributed by atoms with Gasteiger partial charge in [0.2, 0.25) is 0 Å². The van der Waals surface area contributed by atoms with Crippen molar-refractivity contribution < 1.29 is 23.0 Å². The predicted molar refractivity (Wildman–Crippen MR) is 53.4 cm³/mol. The van der Waals surface area contributed by atoms with E-state index in [-0.39, 0.29) is 5.56 Å². The van der Waals surface area contributed by atoms with Crippen LogP contribution in [0.3, 0.4) is 0 Å². The van der Waals surface area contributed by atoms with Crippen molar-refractivity contribution in [2.24, 2.45) is 0 Å². The van der Waals surface area contributed by atoms with Crippen molar-refractivity contribution in [1.29, 1.82) is 0 Å². The molecule has 0 saturated heterocycles. The van der Waals surface area contributed by atoms with Crippen LogP contribution >= 0.6 is 0 Å². The maximum absolute atomic E-state index is 12.6. The van der Waals surface area contributed by atoms with E-state index in [1.165, 1.54) is 32.2 Å². The monoisotopic (exact) mass is 234 g/mol. The van der Waals surface area contributed by atoms with Gasteiger partial charge in [0.15, 0.2) is 5.60 Å². The molecule has 0 aliphatic carbocycles. The Morgan fingerprint density at radius 2 is 1.81 bits per heavy atom. The lowest BCUT2D eigenvalue weighted by molar-refractivity contribution is -0.259. The average Bonchev–Trinajstić information content (AvgIpc) is 2.15. The summed E-state index contributed by atoms with van der Waals surface area (Å²) in [7, 11) is 1.43. The highest BCUT2D eigenvalue weighted by Gasteiger charge is 2.51. The summed E-state index contributed by atoms with van der Waals surface area (Å²) in [4.78, 5) is 0. The molecule has 1 N–H and O–H groups in total. The van der Waals surface area contributed by atoms with E-state index in [4.69, 9.17) is 4.74 Å². The molecule has 0 bridgehead atoms. The number of rotatable bonds is 2. The maximum atomic E-state index is 12.6. The van der Waals surface area contributed by atoms with Gasteiger partial charge in [-0.3, -0.25) is 0 Å². The zero-order chi connectivity index (χ0) is 12.6. The number of ether oxygens (including phenoxy) is 1. The molecule has 2 nitrogen and oxygen atoms in total. The molecule has 16 heavy (non-hydrogen) atoms. The molecular weight excluding hydrogens is 221 g/mol. The van der Waals surface area contributed by atoms with Crippen LogP contribution < -0.4 is 4.74 Å². The van der Waals surface area contributed by atoms with Crippen molar-refractivity contribution in [2.45, 2.75) is 25.6 Å². The Morgan fingerprint density at radius 3 is 2.19 bits per heavy atom. The smallest absolute Gasteiger partial charge is 0.421 e. The maximum Gasteiger partial charge on any atom is 0.421 e. The molecule has 5 heteroatoms. The number of alkyl halides is 3. The van der Waals surface area contributed by atoms with Crippen molar-refractivity contribution >= 4 is 0 Å². The first-order valence-electron chi connectivity index (χ1n) is 4.64. The van der Waals surface area contributed by atoms with Crippen LogP contribution in [0.25, 0.3) is 0 Å². The zero-order valence-corrected chi connectivity index (χ0v) is 9.22. The number of hydrogen-bond acceptors (Lipinski definition) is 2. The molecule has 1 rings (SSSR count). The summed E-state index contributed by atoms with van der Waals surface area (Å²) in [6.07, 6.45) is -4.70. The van der Waals surface area contributed by atoms with Gasteiger partial charge >= 0.3 is 6.18 Å². The third kappa shape index (κ3) is 2.14. The van der Waals surface area contributed by atoms with Crippen LogP contribution in [-0.4, -0.2) is 18.4 Å². The zero-order valence-electron chi connectivity index (χ0n) is 9.22. The number of benzene rings is 1. The topological polar surface area (TPSA) is 29.5 Å². The van der Waals surface area contributed by atoms with Gasteiger partial charge in [0.25, 0.3) is 0 Å². The van der Waals surface area contributed by atoms with Crippen LogP contribution in [0.2, 0.25) is 0 Å². The van der Waals surface area contributed by atoms with Gasteiger partial charge in [-0.1, -0.05) is 6.07 Å². The van der Waals surface area contributed by atoms with Gasteiger partial charge in [-0.05, 0) is 37.1 Å². The minimum atomic E-state index is -4.70. The summed E-state index contributed by atoms with van der Waals surface area (Å²) in [5, 5.41) is 9.50. The second kappa shape index (κ2) is 3.97. The molecule has 0 heterocycles. The fraction of sp³-hybridized carbons (Fsp3) is 0.455. The number of halogens is 3. The largest absolute Gasteiger partial charge is 0.497 e.